The fraction of sp³-hybridized carbons (Fsp3) is 0.440. The molecule has 0 atom stereocenters. The lowest BCUT2D eigenvalue weighted by molar-refractivity contribution is 0.0984. The summed E-state index contributed by atoms with van der Waals surface area (Å²) in [6, 6.07) is 9.65. The van der Waals surface area contributed by atoms with Crippen LogP contribution >= 0.6 is 35.5 Å². The Hall–Kier alpha value is -2.20. The maximum Gasteiger partial charge on any atom is 0.260 e. The van der Waals surface area contributed by atoms with Gasteiger partial charge < -0.3 is 19.1 Å². The third kappa shape index (κ3) is 7.16. The number of aromatic nitrogens is 1. The summed E-state index contributed by atoms with van der Waals surface area (Å²) >= 11 is 3.21. The number of thioether (sulfide) groups is 1. The molecule has 0 spiro atoms. The van der Waals surface area contributed by atoms with E-state index in [2.05, 4.69) is 17.0 Å². The molecule has 1 aromatic heterocycles. The van der Waals surface area contributed by atoms with Crippen LogP contribution in [0.3, 0.4) is 0 Å². The number of anilines is 1. The smallest absolute Gasteiger partial charge is 0.260 e. The number of ether oxygens (including phenoxy) is 3. The number of benzene rings is 2. The Morgan fingerprint density at radius 2 is 1.60 bits per heavy atom. The molecule has 0 fully saturated rings. The number of thiazole rings is 1. The van der Waals surface area contributed by atoms with Crippen LogP contribution in [0.2, 0.25) is 0 Å². The van der Waals surface area contributed by atoms with Crippen LogP contribution in [0.5, 0.6) is 17.2 Å². The average molecular weight is 540 g/mol. The summed E-state index contributed by atoms with van der Waals surface area (Å²) < 4.78 is 18.5. The van der Waals surface area contributed by atoms with Crippen LogP contribution in [0.1, 0.15) is 31.1 Å². The van der Waals surface area contributed by atoms with E-state index in [1.807, 2.05) is 47.2 Å². The number of rotatable bonds is 12. The van der Waals surface area contributed by atoms with Gasteiger partial charge in [-0.3, -0.25) is 9.69 Å². The van der Waals surface area contributed by atoms with E-state index >= 15 is 0 Å². The molecule has 2 aromatic carbocycles. The molecular formula is C25H34ClN3O4S2. The minimum Gasteiger partial charge on any atom is -0.490 e. The maximum atomic E-state index is 13.9. The molecule has 0 aliphatic heterocycles. The second kappa shape index (κ2) is 13.8. The summed E-state index contributed by atoms with van der Waals surface area (Å²) in [5.74, 6) is 1.36. The van der Waals surface area contributed by atoms with Crippen molar-refractivity contribution in [3.63, 3.8) is 0 Å². The summed E-state index contributed by atoms with van der Waals surface area (Å²) in [6.45, 7) is 8.27. The first-order chi connectivity index (χ1) is 16.4. The monoisotopic (exact) mass is 539 g/mol. The van der Waals surface area contributed by atoms with Gasteiger partial charge in [0.25, 0.3) is 5.91 Å². The summed E-state index contributed by atoms with van der Waals surface area (Å²) in [4.78, 5) is 23.6. The zero-order valence-electron chi connectivity index (χ0n) is 21.1. The zero-order chi connectivity index (χ0) is 24.7. The fourth-order valence-corrected chi connectivity index (χ4v) is 4.93. The van der Waals surface area contributed by atoms with E-state index in [9.17, 15) is 4.79 Å². The first-order valence-electron chi connectivity index (χ1n) is 11.4. The standard InChI is InChI=1S/C25H33N3O4S2.ClH/c1-7-30-20-14-17(15-21(31-8-2)23(20)32-9-3)24(29)28(13-12-27(4)5)25-26-19-11-10-18(33-6)16-22(19)34-25;/h10-11,14-16H,7-9,12-13H2,1-6H3;1H. The summed E-state index contributed by atoms with van der Waals surface area (Å²) in [6.07, 6.45) is 2.05. The molecule has 0 aliphatic rings. The molecule has 3 aromatic rings. The van der Waals surface area contributed by atoms with Gasteiger partial charge in [-0.1, -0.05) is 11.3 Å². The van der Waals surface area contributed by atoms with E-state index in [0.29, 0.717) is 60.9 Å². The van der Waals surface area contributed by atoms with Crippen molar-refractivity contribution >= 4 is 56.8 Å². The first-order valence-corrected chi connectivity index (χ1v) is 13.4. The molecule has 3 rings (SSSR count). The highest BCUT2D eigenvalue weighted by Crippen LogP contribution is 2.40. The van der Waals surface area contributed by atoms with Gasteiger partial charge in [-0.25, -0.2) is 4.98 Å². The second-order valence-corrected chi connectivity index (χ2v) is 9.58. The van der Waals surface area contributed by atoms with Gasteiger partial charge in [0.05, 0.1) is 30.0 Å². The van der Waals surface area contributed by atoms with E-state index in [0.717, 1.165) is 10.2 Å². The van der Waals surface area contributed by atoms with Crippen molar-refractivity contribution in [2.24, 2.45) is 0 Å². The molecule has 0 bridgehead atoms. The van der Waals surface area contributed by atoms with Crippen LogP contribution in [0.4, 0.5) is 5.13 Å². The number of halogens is 1. The van der Waals surface area contributed by atoms with Gasteiger partial charge in [0.2, 0.25) is 5.75 Å². The Balaban J connectivity index is 0.00000432. The third-order valence-electron chi connectivity index (χ3n) is 4.99. The molecule has 7 nitrogen and oxygen atoms in total. The van der Waals surface area contributed by atoms with Crippen molar-refractivity contribution in [1.82, 2.24) is 9.88 Å². The van der Waals surface area contributed by atoms with Crippen LogP contribution < -0.4 is 19.1 Å². The van der Waals surface area contributed by atoms with Gasteiger partial charge in [0, 0.05) is 23.5 Å². The molecule has 35 heavy (non-hydrogen) atoms. The fourth-order valence-electron chi connectivity index (χ4n) is 3.39. The first kappa shape index (κ1) is 29.0. The Bertz CT molecular complexity index is 1100. The number of hydrogen-bond donors (Lipinski definition) is 0. The third-order valence-corrected chi connectivity index (χ3v) is 6.75. The van der Waals surface area contributed by atoms with E-state index in [-0.39, 0.29) is 18.3 Å². The number of hydrogen-bond acceptors (Lipinski definition) is 8. The van der Waals surface area contributed by atoms with Crippen LogP contribution in [0.15, 0.2) is 35.2 Å². The Morgan fingerprint density at radius 3 is 2.14 bits per heavy atom. The van der Waals surface area contributed by atoms with E-state index in [4.69, 9.17) is 19.2 Å². The Morgan fingerprint density at radius 1 is 0.971 bits per heavy atom. The van der Waals surface area contributed by atoms with Crippen LogP contribution in [0.25, 0.3) is 10.2 Å². The maximum absolute atomic E-state index is 13.9. The second-order valence-electron chi connectivity index (χ2n) is 7.69. The number of carbonyl (C=O) groups is 1. The molecular weight excluding hydrogens is 506 g/mol. The average Bonchev–Trinajstić information content (AvgIpc) is 3.23. The molecule has 1 amide bonds. The van der Waals surface area contributed by atoms with Crippen molar-refractivity contribution in [3.05, 3.63) is 35.9 Å². The lowest BCUT2D eigenvalue weighted by Gasteiger charge is -2.23. The van der Waals surface area contributed by atoms with Gasteiger partial charge in [0.1, 0.15) is 0 Å². The molecule has 0 N–H and O–H groups in total. The quantitative estimate of drug-likeness (QED) is 0.268. The lowest BCUT2D eigenvalue weighted by Crippen LogP contribution is -2.36. The van der Waals surface area contributed by atoms with Gasteiger partial charge in [-0.2, -0.15) is 0 Å². The predicted molar refractivity (Wildman–Crippen MR) is 149 cm³/mol. The van der Waals surface area contributed by atoms with Crippen molar-refractivity contribution in [3.8, 4) is 17.2 Å². The van der Waals surface area contributed by atoms with E-state index in [1.54, 1.807) is 28.8 Å². The van der Waals surface area contributed by atoms with Crippen LogP contribution in [-0.4, -0.2) is 69.1 Å². The van der Waals surface area contributed by atoms with E-state index < -0.39 is 0 Å². The lowest BCUT2D eigenvalue weighted by atomic mass is 10.1. The summed E-state index contributed by atoms with van der Waals surface area (Å²) in [7, 11) is 3.98. The molecule has 0 aliphatic carbocycles. The molecule has 0 unspecified atom stereocenters. The van der Waals surface area contributed by atoms with Gasteiger partial charge in [-0.05, 0) is 71.5 Å². The zero-order valence-corrected chi connectivity index (χ0v) is 23.6. The van der Waals surface area contributed by atoms with Gasteiger partial charge in [-0.15, -0.1) is 24.2 Å². The Labute approximate surface area is 222 Å². The van der Waals surface area contributed by atoms with Gasteiger partial charge >= 0.3 is 0 Å². The molecule has 0 radical (unpaired) electrons. The molecule has 0 saturated carbocycles. The largest absolute Gasteiger partial charge is 0.490 e. The molecule has 1 heterocycles. The number of amides is 1. The Kier molecular flexibility index (Phi) is 11.4. The molecule has 10 heteroatoms. The predicted octanol–water partition coefficient (Wildman–Crippen LogP) is 5.84. The number of fused-ring (bicyclic) bond motifs is 1. The highest BCUT2D eigenvalue weighted by molar-refractivity contribution is 7.98. The molecule has 192 valence electrons. The SMILES string of the molecule is CCOc1cc(C(=O)N(CCN(C)C)c2nc3ccc(SC)cc3s2)cc(OCC)c1OCC.Cl. The molecule has 0 saturated heterocycles. The van der Waals surface area contributed by atoms with Crippen molar-refractivity contribution in [2.75, 3.05) is 58.2 Å². The highest BCUT2D eigenvalue weighted by atomic mass is 35.5. The normalized spacial score (nSPS) is 10.8. The minimum absolute atomic E-state index is 0. The van der Waals surface area contributed by atoms with Crippen LogP contribution in [0, 0.1) is 0 Å². The van der Waals surface area contributed by atoms with Crippen molar-refractivity contribution in [2.45, 2.75) is 25.7 Å². The van der Waals surface area contributed by atoms with Crippen molar-refractivity contribution < 1.29 is 19.0 Å². The topological polar surface area (TPSA) is 64.1 Å². The number of nitrogens with zero attached hydrogens (tertiary/aromatic N) is 3. The number of carbonyl (C=O) groups excluding carboxylic acids is 1. The summed E-state index contributed by atoms with van der Waals surface area (Å²) in [5, 5.41) is 0.671. The van der Waals surface area contributed by atoms with E-state index in [1.165, 1.54) is 16.2 Å². The van der Waals surface area contributed by atoms with Crippen LogP contribution in [-0.2, 0) is 0 Å². The number of likely N-dealkylation sites (N-methyl/N-ethyl adjacent to an activating group) is 1. The van der Waals surface area contributed by atoms with Gasteiger partial charge in [0.15, 0.2) is 16.6 Å². The summed E-state index contributed by atoms with van der Waals surface area (Å²) in [5.41, 5.74) is 1.36. The van der Waals surface area contributed by atoms with Crippen molar-refractivity contribution in [1.29, 1.82) is 0 Å². The minimum atomic E-state index is -0.157. The highest BCUT2D eigenvalue weighted by Gasteiger charge is 2.25.